The lowest BCUT2D eigenvalue weighted by atomic mass is 10.1. The Morgan fingerprint density at radius 3 is 2.40 bits per heavy atom. The number of hydrogen-bond donors (Lipinski definition) is 1. The van der Waals surface area contributed by atoms with Crippen molar-refractivity contribution in [1.82, 2.24) is 5.10 Å². The number of hydrogen-bond acceptors (Lipinski definition) is 5. The molecule has 0 amide bonds. The molecule has 0 atom stereocenters. The number of nitrogens with one attached hydrogen (secondary N) is 1. The lowest BCUT2D eigenvalue weighted by molar-refractivity contribution is -0.660. The lowest BCUT2D eigenvalue weighted by Gasteiger charge is -2.01. The van der Waals surface area contributed by atoms with Crippen molar-refractivity contribution in [2.75, 3.05) is 12.1 Å². The van der Waals surface area contributed by atoms with Gasteiger partial charge in [0.2, 0.25) is 12.5 Å². The average molecular weight is 438 g/mol. The molecule has 0 bridgehead atoms. The molecule has 0 unspecified atom stereocenters. The van der Waals surface area contributed by atoms with Gasteiger partial charge in [-0.1, -0.05) is 42.5 Å². The molecule has 5 nitrogen and oxygen atoms in total. The highest BCUT2D eigenvalue weighted by atomic mass is 35.5. The predicted molar refractivity (Wildman–Crippen MR) is 113 cm³/mol. The summed E-state index contributed by atoms with van der Waals surface area (Å²) in [4.78, 5) is 0. The van der Waals surface area contributed by atoms with Crippen LogP contribution in [0, 0.1) is 0 Å². The van der Waals surface area contributed by atoms with E-state index < -0.39 is 0 Å². The summed E-state index contributed by atoms with van der Waals surface area (Å²) in [5.41, 5.74) is 3.31. The van der Waals surface area contributed by atoms with Crippen molar-refractivity contribution in [1.29, 1.82) is 0 Å². The van der Waals surface area contributed by atoms with Crippen LogP contribution < -0.4 is 31.9 Å². The van der Waals surface area contributed by atoms with Crippen LogP contribution in [0.15, 0.2) is 78.9 Å². The molecule has 0 aliphatic carbocycles. The summed E-state index contributed by atoms with van der Waals surface area (Å²) < 4.78 is 12.9. The molecule has 152 valence electrons. The molecule has 2 heterocycles. The lowest BCUT2D eigenvalue weighted by Crippen LogP contribution is -3.00. The van der Waals surface area contributed by atoms with E-state index in [9.17, 15) is 0 Å². The molecule has 0 radical (unpaired) electrons. The van der Waals surface area contributed by atoms with Gasteiger partial charge in [0, 0.05) is 22.9 Å². The van der Waals surface area contributed by atoms with Gasteiger partial charge in [0.1, 0.15) is 0 Å². The Kier molecular flexibility index (Phi) is 6.16. The second kappa shape index (κ2) is 9.15. The van der Waals surface area contributed by atoms with Crippen LogP contribution in [0.4, 0.5) is 10.8 Å². The first-order chi connectivity index (χ1) is 14.3. The van der Waals surface area contributed by atoms with Gasteiger partial charge in [-0.05, 0) is 52.3 Å². The third-order valence-electron chi connectivity index (χ3n) is 4.73. The van der Waals surface area contributed by atoms with Crippen molar-refractivity contribution in [3.05, 3.63) is 89.4 Å². The molecule has 1 aromatic heterocycles. The van der Waals surface area contributed by atoms with Gasteiger partial charge in [-0.15, -0.1) is 0 Å². The molecule has 1 aliphatic heterocycles. The summed E-state index contributed by atoms with van der Waals surface area (Å²) in [6.07, 6.45) is 1.78. The van der Waals surface area contributed by atoms with Gasteiger partial charge in [-0.25, -0.2) is 0 Å². The van der Waals surface area contributed by atoms with Crippen LogP contribution in [0.25, 0.3) is 5.69 Å². The second-order valence-corrected chi connectivity index (χ2v) is 7.79. The number of aromatic nitrogens is 2. The minimum atomic E-state index is 0. The fourth-order valence-corrected chi connectivity index (χ4v) is 4.24. The van der Waals surface area contributed by atoms with E-state index in [2.05, 4.69) is 29.6 Å². The Balaban J connectivity index is 0.00000218. The quantitative estimate of drug-likeness (QED) is 0.466. The SMILES string of the molecule is [Cl-].c1ccc(Nc2n[n+](-c3ccccc3)c(CCc3ccc4c(c3)OCO4)s2)cc1. The van der Waals surface area contributed by atoms with Gasteiger partial charge in [-0.3, -0.25) is 0 Å². The smallest absolute Gasteiger partial charge is 0.274 e. The van der Waals surface area contributed by atoms with E-state index in [1.54, 1.807) is 11.3 Å². The molecule has 1 N–H and O–H groups in total. The van der Waals surface area contributed by atoms with Gasteiger partial charge in [0.25, 0.3) is 10.1 Å². The first-order valence-corrected chi connectivity index (χ1v) is 10.3. The van der Waals surface area contributed by atoms with Crippen molar-refractivity contribution in [2.24, 2.45) is 0 Å². The van der Waals surface area contributed by atoms with Gasteiger partial charge in [-0.2, -0.15) is 0 Å². The van der Waals surface area contributed by atoms with Gasteiger partial charge in [0.15, 0.2) is 11.5 Å². The van der Waals surface area contributed by atoms with Crippen molar-refractivity contribution >= 4 is 22.2 Å². The third kappa shape index (κ3) is 4.40. The molecular weight excluding hydrogens is 418 g/mol. The monoisotopic (exact) mass is 437 g/mol. The van der Waals surface area contributed by atoms with E-state index in [0.717, 1.165) is 40.8 Å². The fourth-order valence-electron chi connectivity index (χ4n) is 3.29. The van der Waals surface area contributed by atoms with Gasteiger partial charge < -0.3 is 27.2 Å². The number of nitrogens with zero attached hydrogens (tertiary/aromatic N) is 2. The van der Waals surface area contributed by atoms with E-state index in [0.29, 0.717) is 6.79 Å². The maximum Gasteiger partial charge on any atom is 0.274 e. The van der Waals surface area contributed by atoms with Gasteiger partial charge in [0.05, 0.1) is 6.42 Å². The summed E-state index contributed by atoms with van der Waals surface area (Å²) in [7, 11) is 0. The van der Waals surface area contributed by atoms with Crippen LogP contribution >= 0.6 is 11.3 Å². The molecule has 4 aromatic rings. The van der Waals surface area contributed by atoms with Crippen molar-refractivity contribution in [3.8, 4) is 17.2 Å². The highest BCUT2D eigenvalue weighted by Gasteiger charge is 2.23. The van der Waals surface area contributed by atoms with Crippen LogP contribution in [0.5, 0.6) is 11.5 Å². The van der Waals surface area contributed by atoms with Crippen LogP contribution in [0.3, 0.4) is 0 Å². The van der Waals surface area contributed by atoms with Crippen LogP contribution in [0.1, 0.15) is 10.6 Å². The number of rotatable bonds is 6. The number of anilines is 2. The van der Waals surface area contributed by atoms with Crippen molar-refractivity contribution < 1.29 is 26.6 Å². The zero-order chi connectivity index (χ0) is 19.5. The minimum absolute atomic E-state index is 0. The molecule has 0 spiro atoms. The largest absolute Gasteiger partial charge is 1.00 e. The predicted octanol–water partition coefficient (Wildman–Crippen LogP) is 1.68. The summed E-state index contributed by atoms with van der Waals surface area (Å²) in [5.74, 6) is 1.65. The molecule has 7 heteroatoms. The molecule has 30 heavy (non-hydrogen) atoms. The number of benzene rings is 3. The summed E-state index contributed by atoms with van der Waals surface area (Å²) in [6.45, 7) is 0.302. The zero-order valence-electron chi connectivity index (χ0n) is 16.1. The summed E-state index contributed by atoms with van der Waals surface area (Å²) in [6, 6.07) is 26.5. The second-order valence-electron chi connectivity index (χ2n) is 6.73. The number of ether oxygens (including phenoxy) is 2. The molecule has 0 saturated heterocycles. The summed E-state index contributed by atoms with van der Waals surface area (Å²) in [5, 5.41) is 10.3. The number of para-hydroxylation sites is 2. The Hall–Kier alpha value is -3.09. The van der Waals surface area contributed by atoms with E-state index in [1.165, 1.54) is 10.6 Å². The standard InChI is InChI=1S/C23H20N3O2S.ClH/c1-3-7-18(8-4-1)24-23-25-26(19-9-5-2-6-10-19)22(29-23)14-12-17-11-13-20-21(15-17)28-16-27-20;/h1-11,13,15H,12,14,16H2,(H,24,25);1H/q+1;/p-1. The maximum absolute atomic E-state index is 5.51. The van der Waals surface area contributed by atoms with E-state index in [-0.39, 0.29) is 12.4 Å². The zero-order valence-corrected chi connectivity index (χ0v) is 17.7. The Labute approximate surface area is 185 Å². The number of halogens is 1. The fraction of sp³-hybridized carbons (Fsp3) is 0.130. The topological polar surface area (TPSA) is 47.3 Å². The van der Waals surface area contributed by atoms with Crippen LogP contribution in [0.2, 0.25) is 0 Å². The highest BCUT2D eigenvalue weighted by Crippen LogP contribution is 2.33. The highest BCUT2D eigenvalue weighted by molar-refractivity contribution is 7.15. The molecule has 0 saturated carbocycles. The van der Waals surface area contributed by atoms with Gasteiger partial charge >= 0.3 is 0 Å². The van der Waals surface area contributed by atoms with Crippen molar-refractivity contribution in [2.45, 2.75) is 12.8 Å². The summed E-state index contributed by atoms with van der Waals surface area (Å²) >= 11 is 1.68. The van der Waals surface area contributed by atoms with E-state index in [4.69, 9.17) is 14.6 Å². The Morgan fingerprint density at radius 1 is 0.867 bits per heavy atom. The number of fused-ring (bicyclic) bond motifs is 1. The Bertz CT molecular complexity index is 1120. The molecule has 3 aromatic carbocycles. The molecule has 0 fully saturated rings. The average Bonchev–Trinajstić information content (AvgIpc) is 3.40. The Morgan fingerprint density at radius 2 is 1.60 bits per heavy atom. The first kappa shape index (κ1) is 20.2. The van der Waals surface area contributed by atoms with Crippen LogP contribution in [-0.2, 0) is 12.8 Å². The maximum atomic E-state index is 5.51. The molecule has 1 aliphatic rings. The first-order valence-electron chi connectivity index (χ1n) is 9.53. The van der Waals surface area contributed by atoms with E-state index >= 15 is 0 Å². The normalized spacial score (nSPS) is 11.7. The molecular formula is C23H20ClN3O2S. The molecule has 5 rings (SSSR count). The number of aryl methyl sites for hydroxylation is 2. The minimum Gasteiger partial charge on any atom is -1.00 e. The van der Waals surface area contributed by atoms with Crippen molar-refractivity contribution in [3.63, 3.8) is 0 Å². The third-order valence-corrected chi connectivity index (χ3v) is 5.72. The van der Waals surface area contributed by atoms with Crippen LogP contribution in [-0.4, -0.2) is 11.9 Å². The van der Waals surface area contributed by atoms with E-state index in [1.807, 2.05) is 59.3 Å².